The van der Waals surface area contributed by atoms with Crippen LogP contribution in [0.15, 0.2) is 0 Å². The van der Waals surface area contributed by atoms with Gasteiger partial charge in [-0.05, 0) is 75.5 Å². The molecule has 0 saturated heterocycles. The first-order valence-corrected chi connectivity index (χ1v) is 8.33. The molecule has 0 aromatic carbocycles. The lowest BCUT2D eigenvalue weighted by atomic mass is 9.60. The molecular formula is C17H32O2. The summed E-state index contributed by atoms with van der Waals surface area (Å²) in [6, 6.07) is 0. The highest BCUT2D eigenvalue weighted by molar-refractivity contribution is 4.90. The van der Waals surface area contributed by atoms with Crippen molar-refractivity contribution in [2.45, 2.75) is 84.3 Å². The monoisotopic (exact) mass is 268 g/mol. The van der Waals surface area contributed by atoms with Crippen LogP contribution in [0.4, 0.5) is 0 Å². The summed E-state index contributed by atoms with van der Waals surface area (Å²) in [7, 11) is 0. The summed E-state index contributed by atoms with van der Waals surface area (Å²) >= 11 is 0. The van der Waals surface area contributed by atoms with Gasteiger partial charge < -0.3 is 9.84 Å². The molecule has 2 aliphatic carbocycles. The van der Waals surface area contributed by atoms with Crippen LogP contribution in [0, 0.1) is 17.3 Å². The van der Waals surface area contributed by atoms with Gasteiger partial charge in [-0.1, -0.05) is 13.8 Å². The molecular weight excluding hydrogens is 236 g/mol. The number of ether oxygens (including phenoxy) is 1. The van der Waals surface area contributed by atoms with E-state index in [1.165, 1.54) is 38.5 Å². The topological polar surface area (TPSA) is 29.5 Å². The summed E-state index contributed by atoms with van der Waals surface area (Å²) in [5.41, 5.74) is 0.442. The molecule has 0 bridgehead atoms. The van der Waals surface area contributed by atoms with Gasteiger partial charge in [0, 0.05) is 6.61 Å². The minimum atomic E-state index is -0.0271. The Morgan fingerprint density at radius 1 is 0.895 bits per heavy atom. The molecule has 1 N–H and O–H groups in total. The van der Waals surface area contributed by atoms with E-state index in [0.717, 1.165) is 31.3 Å². The molecule has 0 aromatic heterocycles. The maximum atomic E-state index is 9.68. The van der Waals surface area contributed by atoms with Gasteiger partial charge in [-0.2, -0.15) is 0 Å². The smallest absolute Gasteiger partial charge is 0.0575 e. The van der Waals surface area contributed by atoms with Crippen molar-refractivity contribution in [3.05, 3.63) is 0 Å². The second kappa shape index (κ2) is 6.58. The molecule has 2 rings (SSSR count). The van der Waals surface area contributed by atoms with Crippen molar-refractivity contribution >= 4 is 0 Å². The standard InChI is InChI=1S/C17H32O2/c1-4-19-16-11-7-14(8-12-16)17(2,3)13-5-9-15(18)10-6-13/h13-16,18H,4-12H2,1-3H3. The van der Waals surface area contributed by atoms with Gasteiger partial charge in [0.1, 0.15) is 0 Å². The fourth-order valence-electron chi connectivity index (χ4n) is 4.36. The zero-order chi connectivity index (χ0) is 13.9. The lowest BCUT2D eigenvalue weighted by Gasteiger charge is -2.46. The number of aliphatic hydroxyl groups excluding tert-OH is 1. The van der Waals surface area contributed by atoms with Crippen molar-refractivity contribution in [3.63, 3.8) is 0 Å². The first kappa shape index (κ1) is 15.3. The molecule has 0 unspecified atom stereocenters. The number of aliphatic hydroxyl groups is 1. The van der Waals surface area contributed by atoms with E-state index in [2.05, 4.69) is 20.8 Å². The van der Waals surface area contributed by atoms with Crippen LogP contribution >= 0.6 is 0 Å². The number of hydrogen-bond acceptors (Lipinski definition) is 2. The summed E-state index contributed by atoms with van der Waals surface area (Å²) < 4.78 is 5.77. The van der Waals surface area contributed by atoms with Crippen LogP contribution in [-0.2, 0) is 4.74 Å². The van der Waals surface area contributed by atoms with Crippen molar-refractivity contribution < 1.29 is 9.84 Å². The summed E-state index contributed by atoms with van der Waals surface area (Å²) in [4.78, 5) is 0. The van der Waals surface area contributed by atoms with Crippen LogP contribution in [0.1, 0.15) is 72.1 Å². The van der Waals surface area contributed by atoms with Crippen LogP contribution in [0.3, 0.4) is 0 Å². The molecule has 0 heterocycles. The van der Waals surface area contributed by atoms with Crippen LogP contribution < -0.4 is 0 Å². The number of hydrogen-bond donors (Lipinski definition) is 1. The molecule has 2 fully saturated rings. The molecule has 2 aliphatic rings. The third-order valence-corrected chi connectivity index (χ3v) is 5.88. The van der Waals surface area contributed by atoms with Crippen LogP contribution in [0.25, 0.3) is 0 Å². The van der Waals surface area contributed by atoms with E-state index in [9.17, 15) is 5.11 Å². The highest BCUT2D eigenvalue weighted by Gasteiger charge is 2.40. The van der Waals surface area contributed by atoms with E-state index in [1.54, 1.807) is 0 Å². The SMILES string of the molecule is CCOC1CCC(C(C)(C)C2CCC(O)CC2)CC1. The lowest BCUT2D eigenvalue weighted by Crippen LogP contribution is -2.38. The van der Waals surface area contributed by atoms with Gasteiger partial charge in [0.15, 0.2) is 0 Å². The van der Waals surface area contributed by atoms with Gasteiger partial charge in [-0.25, -0.2) is 0 Å². The molecule has 0 aromatic rings. The van der Waals surface area contributed by atoms with Crippen LogP contribution in [-0.4, -0.2) is 23.9 Å². The zero-order valence-corrected chi connectivity index (χ0v) is 13.0. The molecule has 2 saturated carbocycles. The van der Waals surface area contributed by atoms with Crippen molar-refractivity contribution in [2.75, 3.05) is 6.61 Å². The van der Waals surface area contributed by atoms with E-state index >= 15 is 0 Å². The van der Waals surface area contributed by atoms with Crippen molar-refractivity contribution in [3.8, 4) is 0 Å². The molecule has 0 radical (unpaired) electrons. The Bertz CT molecular complexity index is 258. The predicted molar refractivity (Wildman–Crippen MR) is 79.1 cm³/mol. The van der Waals surface area contributed by atoms with E-state index < -0.39 is 0 Å². The molecule has 0 atom stereocenters. The molecule has 112 valence electrons. The van der Waals surface area contributed by atoms with Crippen molar-refractivity contribution in [1.82, 2.24) is 0 Å². The summed E-state index contributed by atoms with van der Waals surface area (Å²) in [5.74, 6) is 1.66. The van der Waals surface area contributed by atoms with E-state index in [1.807, 2.05) is 0 Å². The largest absolute Gasteiger partial charge is 0.393 e. The molecule has 2 nitrogen and oxygen atoms in total. The van der Waals surface area contributed by atoms with Gasteiger partial charge in [0.25, 0.3) is 0 Å². The Labute approximate surface area is 118 Å². The second-order valence-corrected chi connectivity index (χ2v) is 7.26. The fraction of sp³-hybridized carbons (Fsp3) is 1.00. The Kier molecular flexibility index (Phi) is 5.30. The van der Waals surface area contributed by atoms with Gasteiger partial charge in [-0.3, -0.25) is 0 Å². The van der Waals surface area contributed by atoms with Gasteiger partial charge in [-0.15, -0.1) is 0 Å². The zero-order valence-electron chi connectivity index (χ0n) is 13.0. The minimum absolute atomic E-state index is 0.0271. The molecule has 2 heteroatoms. The first-order chi connectivity index (χ1) is 9.04. The van der Waals surface area contributed by atoms with E-state index in [4.69, 9.17) is 4.74 Å². The van der Waals surface area contributed by atoms with Gasteiger partial charge in [0.2, 0.25) is 0 Å². The quantitative estimate of drug-likeness (QED) is 0.829. The predicted octanol–water partition coefficient (Wildman–Crippen LogP) is 4.16. The normalized spacial score (nSPS) is 37.3. The average molecular weight is 268 g/mol. The Morgan fingerprint density at radius 3 is 1.84 bits per heavy atom. The van der Waals surface area contributed by atoms with Crippen LogP contribution in [0.5, 0.6) is 0 Å². The second-order valence-electron chi connectivity index (χ2n) is 7.26. The van der Waals surface area contributed by atoms with Gasteiger partial charge in [0.05, 0.1) is 12.2 Å². The summed E-state index contributed by atoms with van der Waals surface area (Å²) in [6.45, 7) is 7.91. The maximum Gasteiger partial charge on any atom is 0.0575 e. The maximum absolute atomic E-state index is 9.68. The minimum Gasteiger partial charge on any atom is -0.393 e. The Hall–Kier alpha value is -0.0800. The molecule has 19 heavy (non-hydrogen) atoms. The fourth-order valence-corrected chi connectivity index (χ4v) is 4.36. The first-order valence-electron chi connectivity index (χ1n) is 8.33. The van der Waals surface area contributed by atoms with Gasteiger partial charge >= 0.3 is 0 Å². The molecule has 0 amide bonds. The Morgan fingerprint density at radius 2 is 1.37 bits per heavy atom. The van der Waals surface area contributed by atoms with Crippen molar-refractivity contribution in [1.29, 1.82) is 0 Å². The van der Waals surface area contributed by atoms with E-state index in [-0.39, 0.29) is 6.10 Å². The molecule has 0 aliphatic heterocycles. The third-order valence-electron chi connectivity index (χ3n) is 5.88. The third kappa shape index (κ3) is 3.72. The van der Waals surface area contributed by atoms with E-state index in [0.29, 0.717) is 11.5 Å². The van der Waals surface area contributed by atoms with Crippen LogP contribution in [0.2, 0.25) is 0 Å². The number of rotatable bonds is 4. The lowest BCUT2D eigenvalue weighted by molar-refractivity contribution is -0.0200. The molecule has 0 spiro atoms. The summed E-state index contributed by atoms with van der Waals surface area (Å²) in [5, 5.41) is 9.68. The highest BCUT2D eigenvalue weighted by Crippen LogP contribution is 2.48. The Balaban J connectivity index is 1.86. The van der Waals surface area contributed by atoms with Crippen molar-refractivity contribution in [2.24, 2.45) is 17.3 Å². The highest BCUT2D eigenvalue weighted by atomic mass is 16.5. The summed E-state index contributed by atoms with van der Waals surface area (Å²) in [6.07, 6.45) is 10.1. The average Bonchev–Trinajstić information content (AvgIpc) is 2.40.